The zero-order valence-corrected chi connectivity index (χ0v) is 11.8. The Morgan fingerprint density at radius 1 is 1.45 bits per heavy atom. The normalized spacial score (nSPS) is 29.4. The van der Waals surface area contributed by atoms with Crippen LogP contribution in [0.25, 0.3) is 0 Å². The molecule has 0 aromatic heterocycles. The zero-order valence-electron chi connectivity index (χ0n) is 11.8. The summed E-state index contributed by atoms with van der Waals surface area (Å²) in [6.07, 6.45) is 1.10. The molecule has 0 spiro atoms. The molecule has 2 aliphatic rings. The van der Waals surface area contributed by atoms with E-state index in [1.165, 1.54) is 0 Å². The van der Waals surface area contributed by atoms with Crippen LogP contribution in [0.5, 0.6) is 0 Å². The number of nitrogens with one attached hydrogen (secondary N) is 1. The highest BCUT2D eigenvalue weighted by Crippen LogP contribution is 2.35. The summed E-state index contributed by atoms with van der Waals surface area (Å²) in [6, 6.07) is 7.57. The quantitative estimate of drug-likeness (QED) is 0.917. The summed E-state index contributed by atoms with van der Waals surface area (Å²) in [7, 11) is 0. The molecule has 2 fully saturated rings. The van der Waals surface area contributed by atoms with Gasteiger partial charge < -0.3 is 5.32 Å². The first kappa shape index (κ1) is 13.5. The first-order valence-electron chi connectivity index (χ1n) is 7.36. The van der Waals surface area contributed by atoms with Crippen LogP contribution < -0.4 is 5.32 Å². The molecule has 0 saturated carbocycles. The molecule has 3 unspecified atom stereocenters. The van der Waals surface area contributed by atoms with Crippen LogP contribution in [0.15, 0.2) is 18.2 Å². The lowest BCUT2D eigenvalue weighted by Gasteiger charge is -2.27. The molecule has 1 aromatic carbocycles. The molecule has 106 valence electrons. The fourth-order valence-electron chi connectivity index (χ4n) is 3.86. The number of hydrogen-bond acceptors (Lipinski definition) is 3. The molecule has 2 aliphatic heterocycles. The highest BCUT2D eigenvalue weighted by atomic mass is 19.1. The molecule has 0 bridgehead atoms. The van der Waals surface area contributed by atoms with Gasteiger partial charge in [0, 0.05) is 24.7 Å². The van der Waals surface area contributed by atoms with Gasteiger partial charge in [-0.3, -0.25) is 4.90 Å². The van der Waals surface area contributed by atoms with Crippen molar-refractivity contribution in [2.24, 2.45) is 11.8 Å². The number of nitrogens with zero attached hydrogens (tertiary/aromatic N) is 2. The van der Waals surface area contributed by atoms with Crippen LogP contribution in [0, 0.1) is 29.0 Å². The van der Waals surface area contributed by atoms with Gasteiger partial charge in [0.1, 0.15) is 11.9 Å². The van der Waals surface area contributed by atoms with Crippen molar-refractivity contribution in [1.29, 1.82) is 5.26 Å². The number of rotatable bonds is 3. The van der Waals surface area contributed by atoms with Crippen LogP contribution in [0.4, 0.5) is 4.39 Å². The summed E-state index contributed by atoms with van der Waals surface area (Å²) in [6.45, 7) is 6.03. The fraction of sp³-hybridized carbons (Fsp3) is 0.562. The molecule has 0 amide bonds. The smallest absolute Gasteiger partial charge is 0.145 e. The zero-order chi connectivity index (χ0) is 14.1. The lowest BCUT2D eigenvalue weighted by atomic mass is 9.93. The third kappa shape index (κ3) is 2.21. The molecule has 4 heteroatoms. The van der Waals surface area contributed by atoms with E-state index in [1.807, 2.05) is 6.07 Å². The van der Waals surface area contributed by atoms with E-state index in [0.29, 0.717) is 30.0 Å². The minimum absolute atomic E-state index is 0.150. The maximum Gasteiger partial charge on any atom is 0.145 e. The summed E-state index contributed by atoms with van der Waals surface area (Å²) in [5.74, 6) is 1.05. The predicted octanol–water partition coefficient (Wildman–Crippen LogP) is 2.13. The fourth-order valence-corrected chi connectivity index (χ4v) is 3.86. The Hall–Kier alpha value is -1.44. The Bertz CT molecular complexity index is 537. The highest BCUT2D eigenvalue weighted by Gasteiger charge is 2.43. The number of likely N-dealkylation sites (tertiary alicyclic amines) is 1. The molecular weight excluding hydrogens is 253 g/mol. The van der Waals surface area contributed by atoms with Crippen LogP contribution >= 0.6 is 0 Å². The van der Waals surface area contributed by atoms with Crippen LogP contribution in [-0.2, 0) is 6.54 Å². The van der Waals surface area contributed by atoms with Crippen molar-refractivity contribution in [2.75, 3.05) is 19.6 Å². The summed E-state index contributed by atoms with van der Waals surface area (Å²) < 4.78 is 14.2. The number of halogens is 1. The average molecular weight is 273 g/mol. The van der Waals surface area contributed by atoms with E-state index in [2.05, 4.69) is 17.1 Å². The van der Waals surface area contributed by atoms with Crippen molar-refractivity contribution in [2.45, 2.75) is 25.9 Å². The molecule has 0 aliphatic carbocycles. The minimum Gasteiger partial charge on any atom is -0.316 e. The Morgan fingerprint density at radius 2 is 2.30 bits per heavy atom. The minimum atomic E-state index is -0.347. The molecule has 3 atom stereocenters. The number of fused-ring (bicyclic) bond motifs is 1. The Balaban J connectivity index is 1.80. The van der Waals surface area contributed by atoms with Crippen molar-refractivity contribution in [3.63, 3.8) is 0 Å². The Morgan fingerprint density at radius 3 is 3.05 bits per heavy atom. The van der Waals surface area contributed by atoms with Crippen LogP contribution in [0.1, 0.15) is 24.5 Å². The van der Waals surface area contributed by atoms with E-state index in [-0.39, 0.29) is 11.4 Å². The van der Waals surface area contributed by atoms with E-state index in [4.69, 9.17) is 5.26 Å². The highest BCUT2D eigenvalue weighted by molar-refractivity contribution is 5.35. The third-order valence-electron chi connectivity index (χ3n) is 4.82. The van der Waals surface area contributed by atoms with Gasteiger partial charge in [-0.2, -0.15) is 5.26 Å². The molecule has 0 radical (unpaired) electrons. The van der Waals surface area contributed by atoms with E-state index in [9.17, 15) is 4.39 Å². The number of benzene rings is 1. The molecule has 2 heterocycles. The third-order valence-corrected chi connectivity index (χ3v) is 4.82. The van der Waals surface area contributed by atoms with E-state index in [0.717, 1.165) is 26.1 Å². The van der Waals surface area contributed by atoms with Gasteiger partial charge in [0.2, 0.25) is 0 Å². The SMILES string of the molecule is CCC1C2CNCC2CN1Cc1cccc(C#N)c1F. The lowest BCUT2D eigenvalue weighted by molar-refractivity contribution is 0.208. The van der Waals surface area contributed by atoms with Gasteiger partial charge in [0.25, 0.3) is 0 Å². The molecular formula is C16H20FN3. The van der Waals surface area contributed by atoms with Gasteiger partial charge in [-0.15, -0.1) is 0 Å². The van der Waals surface area contributed by atoms with Gasteiger partial charge in [0.15, 0.2) is 0 Å². The summed E-state index contributed by atoms with van der Waals surface area (Å²) in [5, 5.41) is 12.4. The predicted molar refractivity (Wildman–Crippen MR) is 75.5 cm³/mol. The van der Waals surface area contributed by atoms with Crippen molar-refractivity contribution in [1.82, 2.24) is 10.2 Å². The Labute approximate surface area is 119 Å². The summed E-state index contributed by atoms with van der Waals surface area (Å²) >= 11 is 0. The molecule has 2 saturated heterocycles. The van der Waals surface area contributed by atoms with Crippen molar-refractivity contribution in [3.05, 3.63) is 35.1 Å². The maximum absolute atomic E-state index is 14.2. The topological polar surface area (TPSA) is 39.1 Å². The molecule has 3 rings (SSSR count). The number of nitriles is 1. The number of hydrogen-bond donors (Lipinski definition) is 1. The first-order chi connectivity index (χ1) is 9.74. The van der Waals surface area contributed by atoms with Crippen LogP contribution in [-0.4, -0.2) is 30.6 Å². The molecule has 20 heavy (non-hydrogen) atoms. The second kappa shape index (κ2) is 5.51. The van der Waals surface area contributed by atoms with Gasteiger partial charge in [-0.25, -0.2) is 4.39 Å². The van der Waals surface area contributed by atoms with E-state index < -0.39 is 0 Å². The van der Waals surface area contributed by atoms with Gasteiger partial charge >= 0.3 is 0 Å². The van der Waals surface area contributed by atoms with Crippen LogP contribution in [0.3, 0.4) is 0 Å². The first-order valence-corrected chi connectivity index (χ1v) is 7.36. The lowest BCUT2D eigenvalue weighted by Crippen LogP contribution is -2.34. The monoisotopic (exact) mass is 273 g/mol. The second-order valence-corrected chi connectivity index (χ2v) is 5.88. The summed E-state index contributed by atoms with van der Waals surface area (Å²) in [4.78, 5) is 2.40. The van der Waals surface area contributed by atoms with Crippen molar-refractivity contribution < 1.29 is 4.39 Å². The van der Waals surface area contributed by atoms with Gasteiger partial charge in [0.05, 0.1) is 5.56 Å². The van der Waals surface area contributed by atoms with Gasteiger partial charge in [-0.05, 0) is 37.4 Å². The maximum atomic E-state index is 14.2. The van der Waals surface area contributed by atoms with Crippen molar-refractivity contribution >= 4 is 0 Å². The van der Waals surface area contributed by atoms with Crippen molar-refractivity contribution in [3.8, 4) is 6.07 Å². The largest absolute Gasteiger partial charge is 0.316 e. The average Bonchev–Trinajstić information content (AvgIpc) is 3.01. The van der Waals surface area contributed by atoms with E-state index >= 15 is 0 Å². The second-order valence-electron chi connectivity index (χ2n) is 5.88. The Kier molecular flexibility index (Phi) is 3.73. The molecule has 1 N–H and O–H groups in total. The summed E-state index contributed by atoms with van der Waals surface area (Å²) in [5.41, 5.74) is 0.798. The van der Waals surface area contributed by atoms with E-state index in [1.54, 1.807) is 18.2 Å². The molecule has 3 nitrogen and oxygen atoms in total. The molecule has 1 aromatic rings. The van der Waals surface area contributed by atoms with Gasteiger partial charge in [-0.1, -0.05) is 19.1 Å². The standard InChI is InChI=1S/C16H20FN3/c1-2-15-14-8-19-7-13(14)10-20(15)9-12-5-3-4-11(6-18)16(12)17/h3-5,13-15,19H,2,7-10H2,1H3. The van der Waals surface area contributed by atoms with Crippen LogP contribution in [0.2, 0.25) is 0 Å².